The molecule has 1 rings (SSSR count). The lowest BCUT2D eigenvalue weighted by atomic mass is 10.2. The highest BCUT2D eigenvalue weighted by Crippen LogP contribution is 1.98. The first-order valence-corrected chi connectivity index (χ1v) is 3.05. The summed E-state index contributed by atoms with van der Waals surface area (Å²) in [4.78, 5) is 10.2. The van der Waals surface area contributed by atoms with Gasteiger partial charge in [0, 0.05) is 0 Å². The number of carboxylic acids is 1. The summed E-state index contributed by atoms with van der Waals surface area (Å²) in [5.41, 5.74) is 0.843. The summed E-state index contributed by atoms with van der Waals surface area (Å²) in [5.74, 6) is -0.786. The number of carbonyl (C=O) groups is 1. The highest BCUT2D eigenvalue weighted by Gasteiger charge is 1.96. The molecule has 0 radical (unpaired) electrons. The lowest BCUT2D eigenvalue weighted by Gasteiger charge is -1.92. The van der Waals surface area contributed by atoms with E-state index in [1.807, 2.05) is 18.2 Å². The third-order valence-corrected chi connectivity index (χ3v) is 1.20. The van der Waals surface area contributed by atoms with E-state index in [1.165, 1.54) is 0 Å². The maximum atomic E-state index is 10.2. The van der Waals surface area contributed by atoms with Gasteiger partial charge in [-0.3, -0.25) is 4.79 Å². The van der Waals surface area contributed by atoms with Crippen LogP contribution >= 0.6 is 0 Å². The molecule has 0 heterocycles. The molecular formula is C8H11AlO2. The van der Waals surface area contributed by atoms with Crippen LogP contribution in [0.15, 0.2) is 30.3 Å². The van der Waals surface area contributed by atoms with Gasteiger partial charge in [0.05, 0.1) is 6.42 Å². The van der Waals surface area contributed by atoms with Crippen LogP contribution in [-0.2, 0) is 11.2 Å². The summed E-state index contributed by atoms with van der Waals surface area (Å²) in [5, 5.41) is 8.37. The second kappa shape index (κ2) is 4.95. The first-order valence-electron chi connectivity index (χ1n) is 3.05. The van der Waals surface area contributed by atoms with Crippen molar-refractivity contribution >= 4 is 23.3 Å². The zero-order chi connectivity index (χ0) is 7.40. The summed E-state index contributed by atoms with van der Waals surface area (Å²) < 4.78 is 0. The molecule has 11 heavy (non-hydrogen) atoms. The van der Waals surface area contributed by atoms with Crippen LogP contribution in [0, 0.1) is 0 Å². The predicted octanol–water partition coefficient (Wildman–Crippen LogP) is 0.130. The smallest absolute Gasteiger partial charge is 0.307 e. The molecule has 2 nitrogen and oxygen atoms in total. The van der Waals surface area contributed by atoms with E-state index in [9.17, 15) is 4.79 Å². The van der Waals surface area contributed by atoms with Gasteiger partial charge in [-0.05, 0) is 5.56 Å². The molecule has 3 heteroatoms. The van der Waals surface area contributed by atoms with Crippen molar-refractivity contribution in [1.82, 2.24) is 0 Å². The molecule has 58 valence electrons. The lowest BCUT2D eigenvalue weighted by Crippen LogP contribution is -1.98. The molecule has 0 bridgehead atoms. The topological polar surface area (TPSA) is 37.3 Å². The van der Waals surface area contributed by atoms with Crippen molar-refractivity contribution in [3.05, 3.63) is 35.9 Å². The monoisotopic (exact) mass is 166 g/mol. The number of carboxylic acid groups (broad SMARTS) is 1. The van der Waals surface area contributed by atoms with Crippen molar-refractivity contribution in [1.29, 1.82) is 0 Å². The average Bonchev–Trinajstić information content (AvgIpc) is 1.88. The van der Waals surface area contributed by atoms with Crippen molar-refractivity contribution in [3.8, 4) is 0 Å². The molecule has 0 aromatic heterocycles. The van der Waals surface area contributed by atoms with Gasteiger partial charge in [-0.2, -0.15) is 0 Å². The molecule has 0 fully saturated rings. The Balaban J connectivity index is 0.000001000. The van der Waals surface area contributed by atoms with E-state index in [4.69, 9.17) is 5.11 Å². The molecule has 0 aliphatic carbocycles. The Hall–Kier alpha value is -0.778. The Kier molecular flexibility index (Phi) is 4.60. The third-order valence-electron chi connectivity index (χ3n) is 1.20. The Morgan fingerprint density at radius 3 is 2.27 bits per heavy atom. The molecule has 0 saturated carbocycles. The Morgan fingerprint density at radius 1 is 1.27 bits per heavy atom. The lowest BCUT2D eigenvalue weighted by molar-refractivity contribution is -0.136. The van der Waals surface area contributed by atoms with Crippen LogP contribution in [0.1, 0.15) is 5.56 Å². The van der Waals surface area contributed by atoms with Crippen molar-refractivity contribution in [3.63, 3.8) is 0 Å². The summed E-state index contributed by atoms with van der Waals surface area (Å²) in [7, 11) is 0. The molecular weight excluding hydrogens is 155 g/mol. The first kappa shape index (κ1) is 10.2. The van der Waals surface area contributed by atoms with Gasteiger partial charge in [-0.15, -0.1) is 0 Å². The molecule has 0 aliphatic heterocycles. The number of benzene rings is 1. The van der Waals surface area contributed by atoms with Gasteiger partial charge in [-0.25, -0.2) is 0 Å². The first-order chi connectivity index (χ1) is 4.79. The summed E-state index contributed by atoms with van der Waals surface area (Å²) >= 11 is 0. The minimum atomic E-state index is -0.786. The van der Waals surface area contributed by atoms with Crippen LogP contribution < -0.4 is 0 Å². The van der Waals surface area contributed by atoms with Crippen LogP contribution in [0.25, 0.3) is 0 Å². The highest BCUT2D eigenvalue weighted by molar-refractivity contribution is 5.75. The quantitative estimate of drug-likeness (QED) is 0.634. The van der Waals surface area contributed by atoms with Crippen molar-refractivity contribution in [2.45, 2.75) is 6.42 Å². The normalized spacial score (nSPS) is 8.36. The van der Waals surface area contributed by atoms with Gasteiger partial charge >= 0.3 is 5.97 Å². The van der Waals surface area contributed by atoms with Gasteiger partial charge in [0.2, 0.25) is 0 Å². The Bertz CT molecular complexity index is 221. The van der Waals surface area contributed by atoms with Crippen LogP contribution in [0.4, 0.5) is 0 Å². The van der Waals surface area contributed by atoms with E-state index >= 15 is 0 Å². The molecule has 0 aliphatic rings. The maximum absolute atomic E-state index is 10.2. The van der Waals surface area contributed by atoms with E-state index < -0.39 is 5.97 Å². The van der Waals surface area contributed by atoms with Crippen molar-refractivity contribution < 1.29 is 9.90 Å². The van der Waals surface area contributed by atoms with Gasteiger partial charge in [0.25, 0.3) is 0 Å². The van der Waals surface area contributed by atoms with Crippen molar-refractivity contribution in [2.24, 2.45) is 0 Å². The highest BCUT2D eigenvalue weighted by atomic mass is 27.0. The number of rotatable bonds is 2. The number of hydrogen-bond donors (Lipinski definition) is 1. The van der Waals surface area contributed by atoms with E-state index in [2.05, 4.69) is 0 Å². The van der Waals surface area contributed by atoms with E-state index in [0.29, 0.717) is 0 Å². The largest absolute Gasteiger partial charge is 0.481 e. The molecule has 0 spiro atoms. The Labute approximate surface area is 76.0 Å². The molecule has 0 unspecified atom stereocenters. The van der Waals surface area contributed by atoms with Gasteiger partial charge in [0.1, 0.15) is 0 Å². The minimum Gasteiger partial charge on any atom is -0.481 e. The second-order valence-corrected chi connectivity index (χ2v) is 2.06. The molecule has 1 aromatic rings. The van der Waals surface area contributed by atoms with E-state index in [0.717, 1.165) is 5.56 Å². The van der Waals surface area contributed by atoms with E-state index in [-0.39, 0.29) is 23.8 Å². The molecule has 0 atom stereocenters. The fraction of sp³-hybridized carbons (Fsp3) is 0.125. The summed E-state index contributed by atoms with van der Waals surface area (Å²) in [6, 6.07) is 9.13. The fourth-order valence-corrected chi connectivity index (χ4v) is 0.770. The zero-order valence-electron chi connectivity index (χ0n) is 5.45. The SMILES string of the molecule is O=C(O)Cc1ccccc1.[AlH3]. The van der Waals surface area contributed by atoms with Crippen LogP contribution in [0.3, 0.4) is 0 Å². The number of aliphatic carboxylic acids is 1. The zero-order valence-corrected chi connectivity index (χ0v) is 5.45. The molecule has 1 aromatic carbocycles. The Morgan fingerprint density at radius 2 is 1.82 bits per heavy atom. The maximum Gasteiger partial charge on any atom is 0.307 e. The predicted molar refractivity (Wildman–Crippen MR) is 47.7 cm³/mol. The van der Waals surface area contributed by atoms with Crippen LogP contribution in [0.2, 0.25) is 0 Å². The number of hydrogen-bond acceptors (Lipinski definition) is 1. The van der Waals surface area contributed by atoms with Gasteiger partial charge in [0.15, 0.2) is 17.4 Å². The second-order valence-electron chi connectivity index (χ2n) is 2.06. The van der Waals surface area contributed by atoms with E-state index in [1.54, 1.807) is 12.1 Å². The van der Waals surface area contributed by atoms with Crippen molar-refractivity contribution in [2.75, 3.05) is 0 Å². The summed E-state index contributed by atoms with van der Waals surface area (Å²) in [6.45, 7) is 0. The van der Waals surface area contributed by atoms with Crippen LogP contribution in [-0.4, -0.2) is 28.4 Å². The van der Waals surface area contributed by atoms with Gasteiger partial charge in [-0.1, -0.05) is 30.3 Å². The average molecular weight is 166 g/mol. The van der Waals surface area contributed by atoms with Crippen LogP contribution in [0.5, 0.6) is 0 Å². The van der Waals surface area contributed by atoms with Gasteiger partial charge < -0.3 is 5.11 Å². The fourth-order valence-electron chi connectivity index (χ4n) is 0.770. The third kappa shape index (κ3) is 3.82. The molecule has 1 N–H and O–H groups in total. The standard InChI is InChI=1S/C8H8O2.Al.3H/c9-8(10)6-7-4-2-1-3-5-7;;;;/h1-5H,6H2,(H,9,10);;;;. The summed E-state index contributed by atoms with van der Waals surface area (Å²) in [6.07, 6.45) is 0.112. The molecule has 0 amide bonds. The molecule has 0 saturated heterocycles. The minimum absolute atomic E-state index is 0.